The van der Waals surface area contributed by atoms with Crippen LogP contribution < -0.4 is 15.4 Å². The molecule has 0 saturated carbocycles. The summed E-state index contributed by atoms with van der Waals surface area (Å²) < 4.78 is 11.2. The molecule has 21 heavy (non-hydrogen) atoms. The number of carbonyl (C=O) groups is 1. The lowest BCUT2D eigenvalue weighted by Gasteiger charge is -2.12. The Balaban J connectivity index is 1.78. The first-order chi connectivity index (χ1) is 10.3. The van der Waals surface area contributed by atoms with Crippen molar-refractivity contribution < 1.29 is 14.3 Å². The first-order valence-corrected chi connectivity index (χ1v) is 7.63. The molecule has 116 valence electrons. The molecule has 0 bridgehead atoms. The molecule has 1 saturated heterocycles. The van der Waals surface area contributed by atoms with E-state index in [9.17, 15) is 4.79 Å². The Labute approximate surface area is 126 Å². The van der Waals surface area contributed by atoms with Crippen molar-refractivity contribution >= 4 is 11.6 Å². The Morgan fingerprint density at radius 2 is 2.38 bits per heavy atom. The monoisotopic (exact) mass is 292 g/mol. The number of carbonyl (C=O) groups excluding carboxylic acids is 1. The van der Waals surface area contributed by atoms with Crippen molar-refractivity contribution in [2.75, 3.05) is 31.6 Å². The molecule has 2 rings (SSSR count). The molecule has 1 aromatic carbocycles. The van der Waals surface area contributed by atoms with Crippen molar-refractivity contribution in [3.63, 3.8) is 0 Å². The topological polar surface area (TPSA) is 59.6 Å². The number of rotatable bonds is 8. The zero-order valence-electron chi connectivity index (χ0n) is 12.6. The SMILES string of the molecule is CCCNCC(=O)Nc1cccc(OCC2CCCO2)c1. The van der Waals surface area contributed by atoms with Crippen LogP contribution in [0.3, 0.4) is 0 Å². The summed E-state index contributed by atoms with van der Waals surface area (Å²) in [6, 6.07) is 7.46. The minimum absolute atomic E-state index is 0.0419. The van der Waals surface area contributed by atoms with Gasteiger partial charge in [-0.25, -0.2) is 0 Å². The van der Waals surface area contributed by atoms with E-state index in [1.807, 2.05) is 24.3 Å². The number of anilines is 1. The fourth-order valence-corrected chi connectivity index (χ4v) is 2.21. The number of hydrogen-bond acceptors (Lipinski definition) is 4. The van der Waals surface area contributed by atoms with E-state index < -0.39 is 0 Å². The Hall–Kier alpha value is -1.59. The van der Waals surface area contributed by atoms with Gasteiger partial charge in [-0.2, -0.15) is 0 Å². The van der Waals surface area contributed by atoms with Crippen molar-refractivity contribution in [1.29, 1.82) is 0 Å². The highest BCUT2D eigenvalue weighted by atomic mass is 16.5. The zero-order chi connectivity index (χ0) is 14.9. The minimum Gasteiger partial charge on any atom is -0.491 e. The molecule has 1 atom stereocenters. The fourth-order valence-electron chi connectivity index (χ4n) is 2.21. The Bertz CT molecular complexity index is 445. The van der Waals surface area contributed by atoms with Crippen LogP contribution >= 0.6 is 0 Å². The molecule has 5 heteroatoms. The Morgan fingerprint density at radius 3 is 3.14 bits per heavy atom. The van der Waals surface area contributed by atoms with Crippen LogP contribution in [0, 0.1) is 0 Å². The van der Waals surface area contributed by atoms with Crippen molar-refractivity contribution in [2.45, 2.75) is 32.3 Å². The average molecular weight is 292 g/mol. The third-order valence-corrected chi connectivity index (χ3v) is 3.29. The van der Waals surface area contributed by atoms with Crippen molar-refractivity contribution in [2.24, 2.45) is 0 Å². The van der Waals surface area contributed by atoms with Crippen LogP contribution in [0.4, 0.5) is 5.69 Å². The third kappa shape index (κ3) is 5.73. The third-order valence-electron chi connectivity index (χ3n) is 3.29. The molecule has 1 unspecified atom stereocenters. The van der Waals surface area contributed by atoms with Crippen molar-refractivity contribution in [3.8, 4) is 5.75 Å². The molecule has 0 aliphatic carbocycles. The minimum atomic E-state index is -0.0419. The highest BCUT2D eigenvalue weighted by molar-refractivity contribution is 5.92. The van der Waals surface area contributed by atoms with Gasteiger partial charge in [0.2, 0.25) is 5.91 Å². The van der Waals surface area contributed by atoms with Crippen LogP contribution in [-0.4, -0.2) is 38.3 Å². The van der Waals surface area contributed by atoms with E-state index in [0.717, 1.165) is 43.9 Å². The van der Waals surface area contributed by atoms with Gasteiger partial charge in [-0.1, -0.05) is 13.0 Å². The van der Waals surface area contributed by atoms with Gasteiger partial charge in [0, 0.05) is 18.4 Å². The smallest absolute Gasteiger partial charge is 0.238 e. The first kappa shape index (κ1) is 15.8. The quantitative estimate of drug-likeness (QED) is 0.721. The highest BCUT2D eigenvalue weighted by Gasteiger charge is 2.16. The van der Waals surface area contributed by atoms with Crippen LogP contribution in [-0.2, 0) is 9.53 Å². The van der Waals surface area contributed by atoms with Gasteiger partial charge in [0.1, 0.15) is 12.4 Å². The number of amides is 1. The lowest BCUT2D eigenvalue weighted by Crippen LogP contribution is -2.28. The Morgan fingerprint density at radius 1 is 1.48 bits per heavy atom. The van der Waals surface area contributed by atoms with Gasteiger partial charge in [-0.3, -0.25) is 4.79 Å². The van der Waals surface area contributed by atoms with E-state index in [2.05, 4.69) is 17.6 Å². The van der Waals surface area contributed by atoms with E-state index >= 15 is 0 Å². The zero-order valence-corrected chi connectivity index (χ0v) is 12.6. The van der Waals surface area contributed by atoms with Gasteiger partial charge in [-0.05, 0) is 37.9 Å². The summed E-state index contributed by atoms with van der Waals surface area (Å²) in [5.74, 6) is 0.713. The average Bonchev–Trinajstić information content (AvgIpc) is 2.99. The van der Waals surface area contributed by atoms with Gasteiger partial charge in [0.15, 0.2) is 0 Å². The summed E-state index contributed by atoms with van der Waals surface area (Å²) in [4.78, 5) is 11.7. The standard InChI is InChI=1S/C16H24N2O3/c1-2-8-17-11-16(19)18-13-5-3-6-14(10-13)21-12-15-7-4-9-20-15/h3,5-6,10,15,17H,2,4,7-9,11-12H2,1H3,(H,18,19). The summed E-state index contributed by atoms with van der Waals surface area (Å²) in [6.07, 6.45) is 3.37. The number of ether oxygens (including phenoxy) is 2. The second-order valence-electron chi connectivity index (χ2n) is 5.20. The normalized spacial score (nSPS) is 17.7. The lowest BCUT2D eigenvalue weighted by atomic mass is 10.2. The van der Waals surface area contributed by atoms with Crippen LogP contribution in [0.2, 0.25) is 0 Å². The lowest BCUT2D eigenvalue weighted by molar-refractivity contribution is -0.115. The highest BCUT2D eigenvalue weighted by Crippen LogP contribution is 2.19. The summed E-state index contributed by atoms with van der Waals surface area (Å²) in [7, 11) is 0. The van der Waals surface area contributed by atoms with E-state index in [1.165, 1.54) is 0 Å². The van der Waals surface area contributed by atoms with Gasteiger partial charge >= 0.3 is 0 Å². The molecule has 0 radical (unpaired) electrons. The van der Waals surface area contributed by atoms with E-state index in [4.69, 9.17) is 9.47 Å². The van der Waals surface area contributed by atoms with Crippen LogP contribution in [0.5, 0.6) is 5.75 Å². The van der Waals surface area contributed by atoms with Gasteiger partial charge in [0.25, 0.3) is 0 Å². The van der Waals surface area contributed by atoms with E-state index in [1.54, 1.807) is 0 Å². The predicted octanol–water partition coefficient (Wildman–Crippen LogP) is 2.18. The van der Waals surface area contributed by atoms with E-state index in [0.29, 0.717) is 13.2 Å². The molecule has 1 heterocycles. The Kier molecular flexibility index (Phi) is 6.50. The fraction of sp³-hybridized carbons (Fsp3) is 0.562. The van der Waals surface area contributed by atoms with E-state index in [-0.39, 0.29) is 12.0 Å². The van der Waals surface area contributed by atoms with Gasteiger partial charge < -0.3 is 20.1 Å². The molecule has 1 aromatic rings. The second kappa shape index (κ2) is 8.64. The molecule has 0 spiro atoms. The van der Waals surface area contributed by atoms with Crippen LogP contribution in [0.1, 0.15) is 26.2 Å². The molecule has 1 aliphatic rings. The van der Waals surface area contributed by atoms with Crippen LogP contribution in [0.25, 0.3) is 0 Å². The molecule has 1 fully saturated rings. The molecule has 5 nitrogen and oxygen atoms in total. The molecular weight excluding hydrogens is 268 g/mol. The van der Waals surface area contributed by atoms with Crippen molar-refractivity contribution in [1.82, 2.24) is 5.32 Å². The summed E-state index contributed by atoms with van der Waals surface area (Å²) in [6.45, 7) is 4.64. The predicted molar refractivity (Wildman–Crippen MR) is 82.7 cm³/mol. The summed E-state index contributed by atoms with van der Waals surface area (Å²) in [5, 5.41) is 5.93. The summed E-state index contributed by atoms with van der Waals surface area (Å²) in [5.41, 5.74) is 0.753. The van der Waals surface area contributed by atoms with Gasteiger partial charge in [-0.15, -0.1) is 0 Å². The van der Waals surface area contributed by atoms with Crippen molar-refractivity contribution in [3.05, 3.63) is 24.3 Å². The molecule has 1 aliphatic heterocycles. The maximum absolute atomic E-state index is 11.7. The van der Waals surface area contributed by atoms with Crippen LogP contribution in [0.15, 0.2) is 24.3 Å². The summed E-state index contributed by atoms with van der Waals surface area (Å²) >= 11 is 0. The number of hydrogen-bond donors (Lipinski definition) is 2. The largest absolute Gasteiger partial charge is 0.491 e. The second-order valence-corrected chi connectivity index (χ2v) is 5.20. The number of benzene rings is 1. The molecular formula is C16H24N2O3. The number of nitrogens with one attached hydrogen (secondary N) is 2. The molecule has 0 aromatic heterocycles. The maximum atomic E-state index is 11.7. The maximum Gasteiger partial charge on any atom is 0.238 e. The van der Waals surface area contributed by atoms with Gasteiger partial charge in [0.05, 0.1) is 12.6 Å². The molecule has 1 amide bonds. The molecule has 2 N–H and O–H groups in total. The first-order valence-electron chi connectivity index (χ1n) is 7.63.